The second-order valence-electron chi connectivity index (χ2n) is 6.11. The van der Waals surface area contributed by atoms with E-state index >= 15 is 0 Å². The molecule has 0 saturated heterocycles. The Kier molecular flexibility index (Phi) is 3.95. The van der Waals surface area contributed by atoms with E-state index in [9.17, 15) is 0 Å². The Hall–Kier alpha value is -1.12. The highest BCUT2D eigenvalue weighted by molar-refractivity contribution is 7.12. The largest absolute Gasteiger partial charge is 0.309 e. The number of aryl methyl sites for hydroxylation is 3. The van der Waals surface area contributed by atoms with Crippen LogP contribution in [-0.4, -0.2) is 6.04 Å². The summed E-state index contributed by atoms with van der Waals surface area (Å²) in [4.78, 5) is 2.92. The Morgan fingerprint density at radius 1 is 1.10 bits per heavy atom. The number of hydrogen-bond acceptors (Lipinski definition) is 2. The van der Waals surface area contributed by atoms with E-state index in [2.05, 4.69) is 56.4 Å². The minimum absolute atomic E-state index is 0.698. The van der Waals surface area contributed by atoms with Crippen molar-refractivity contribution in [2.75, 3.05) is 0 Å². The maximum absolute atomic E-state index is 3.70. The van der Waals surface area contributed by atoms with Gasteiger partial charge in [0.15, 0.2) is 0 Å². The Bertz CT molecular complexity index is 556. The van der Waals surface area contributed by atoms with Crippen LogP contribution in [-0.2, 0) is 6.54 Å². The van der Waals surface area contributed by atoms with Gasteiger partial charge >= 0.3 is 0 Å². The van der Waals surface area contributed by atoms with Crippen LogP contribution in [0.1, 0.15) is 45.2 Å². The SMILES string of the molecule is Cc1ccc(C2CC(NCc3cc(C)c(C)s3)C2)cc1. The molecule has 0 aliphatic heterocycles. The van der Waals surface area contributed by atoms with Crippen LogP contribution in [0.25, 0.3) is 0 Å². The molecule has 1 aromatic carbocycles. The number of rotatable bonds is 4. The molecule has 1 fully saturated rings. The van der Waals surface area contributed by atoms with Gasteiger partial charge in [-0.05, 0) is 56.7 Å². The molecule has 2 aromatic rings. The van der Waals surface area contributed by atoms with E-state index in [0.717, 1.165) is 12.5 Å². The summed E-state index contributed by atoms with van der Waals surface area (Å²) >= 11 is 1.93. The second kappa shape index (κ2) is 5.71. The molecule has 106 valence electrons. The molecule has 0 amide bonds. The van der Waals surface area contributed by atoms with E-state index in [1.54, 1.807) is 0 Å². The highest BCUT2D eigenvalue weighted by Gasteiger charge is 2.29. The number of nitrogens with one attached hydrogen (secondary N) is 1. The zero-order valence-corrected chi connectivity index (χ0v) is 13.4. The predicted molar refractivity (Wildman–Crippen MR) is 87.6 cm³/mol. The van der Waals surface area contributed by atoms with Gasteiger partial charge in [0.2, 0.25) is 0 Å². The third kappa shape index (κ3) is 2.97. The summed E-state index contributed by atoms with van der Waals surface area (Å²) in [6.45, 7) is 7.59. The molecule has 1 aromatic heterocycles. The Morgan fingerprint density at radius 3 is 2.40 bits per heavy atom. The van der Waals surface area contributed by atoms with E-state index in [-0.39, 0.29) is 0 Å². The van der Waals surface area contributed by atoms with Crippen molar-refractivity contribution < 1.29 is 0 Å². The fourth-order valence-electron chi connectivity index (χ4n) is 2.88. The lowest BCUT2D eigenvalue weighted by Crippen LogP contribution is -2.39. The lowest BCUT2D eigenvalue weighted by molar-refractivity contribution is 0.290. The van der Waals surface area contributed by atoms with Crippen molar-refractivity contribution in [1.29, 1.82) is 0 Å². The molecular weight excluding hydrogens is 262 g/mol. The van der Waals surface area contributed by atoms with Crippen LogP contribution >= 0.6 is 11.3 Å². The third-order valence-electron chi connectivity index (χ3n) is 4.47. The minimum Gasteiger partial charge on any atom is -0.309 e. The summed E-state index contributed by atoms with van der Waals surface area (Å²) in [6.07, 6.45) is 2.57. The zero-order valence-electron chi connectivity index (χ0n) is 12.6. The average Bonchev–Trinajstić information content (AvgIpc) is 2.69. The Balaban J connectivity index is 1.47. The first kappa shape index (κ1) is 13.8. The smallest absolute Gasteiger partial charge is 0.0302 e. The summed E-state index contributed by atoms with van der Waals surface area (Å²) < 4.78 is 0. The molecule has 1 nitrogen and oxygen atoms in total. The molecule has 0 unspecified atom stereocenters. The van der Waals surface area contributed by atoms with E-state index in [4.69, 9.17) is 0 Å². The van der Waals surface area contributed by atoms with E-state index in [1.165, 1.54) is 39.3 Å². The minimum atomic E-state index is 0.698. The zero-order chi connectivity index (χ0) is 14.1. The Morgan fingerprint density at radius 2 is 1.80 bits per heavy atom. The summed E-state index contributed by atoms with van der Waals surface area (Å²) in [7, 11) is 0. The second-order valence-corrected chi connectivity index (χ2v) is 7.45. The lowest BCUT2D eigenvalue weighted by atomic mass is 9.76. The van der Waals surface area contributed by atoms with Gasteiger partial charge in [-0.15, -0.1) is 11.3 Å². The first-order valence-electron chi connectivity index (χ1n) is 7.47. The number of hydrogen-bond donors (Lipinski definition) is 1. The van der Waals surface area contributed by atoms with Gasteiger partial charge in [-0.1, -0.05) is 29.8 Å². The van der Waals surface area contributed by atoms with Crippen LogP contribution in [0.15, 0.2) is 30.3 Å². The van der Waals surface area contributed by atoms with E-state index in [1.807, 2.05) is 11.3 Å². The predicted octanol–water partition coefficient (Wildman–Crippen LogP) is 4.71. The molecular formula is C18H23NS. The first-order chi connectivity index (χ1) is 9.61. The van der Waals surface area contributed by atoms with Gasteiger partial charge in [0, 0.05) is 22.3 Å². The van der Waals surface area contributed by atoms with E-state index < -0.39 is 0 Å². The fourth-order valence-corrected chi connectivity index (χ4v) is 3.88. The van der Waals surface area contributed by atoms with Crippen LogP contribution in [0.4, 0.5) is 0 Å². The van der Waals surface area contributed by atoms with Gasteiger partial charge in [-0.25, -0.2) is 0 Å². The van der Waals surface area contributed by atoms with Crippen LogP contribution in [0.5, 0.6) is 0 Å². The highest BCUT2D eigenvalue weighted by atomic mass is 32.1. The first-order valence-corrected chi connectivity index (χ1v) is 8.29. The monoisotopic (exact) mass is 285 g/mol. The molecule has 2 heteroatoms. The van der Waals surface area contributed by atoms with Crippen molar-refractivity contribution >= 4 is 11.3 Å². The molecule has 1 heterocycles. The van der Waals surface area contributed by atoms with E-state index in [0.29, 0.717) is 6.04 Å². The molecule has 1 saturated carbocycles. The molecule has 1 aliphatic carbocycles. The van der Waals surface area contributed by atoms with Crippen LogP contribution in [0.2, 0.25) is 0 Å². The van der Waals surface area contributed by atoms with Gasteiger partial charge < -0.3 is 5.32 Å². The van der Waals surface area contributed by atoms with Gasteiger partial charge in [0.1, 0.15) is 0 Å². The molecule has 20 heavy (non-hydrogen) atoms. The number of thiophene rings is 1. The molecule has 0 bridgehead atoms. The summed E-state index contributed by atoms with van der Waals surface area (Å²) in [6, 6.07) is 12.1. The van der Waals surface area contributed by atoms with Crippen molar-refractivity contribution in [2.24, 2.45) is 0 Å². The number of benzene rings is 1. The Labute approximate surface area is 126 Å². The molecule has 0 atom stereocenters. The molecule has 1 N–H and O–H groups in total. The van der Waals surface area contributed by atoms with Gasteiger partial charge in [0.05, 0.1) is 0 Å². The third-order valence-corrected chi connectivity index (χ3v) is 5.62. The van der Waals surface area contributed by atoms with Crippen molar-refractivity contribution in [1.82, 2.24) is 5.32 Å². The summed E-state index contributed by atoms with van der Waals surface area (Å²) in [5, 5.41) is 3.70. The molecule has 1 aliphatic rings. The summed E-state index contributed by atoms with van der Waals surface area (Å²) in [5.41, 5.74) is 4.29. The molecule has 0 spiro atoms. The maximum Gasteiger partial charge on any atom is 0.0302 e. The van der Waals surface area contributed by atoms with Gasteiger partial charge in [0.25, 0.3) is 0 Å². The van der Waals surface area contributed by atoms with Gasteiger partial charge in [-0.2, -0.15) is 0 Å². The molecule has 0 radical (unpaired) electrons. The average molecular weight is 285 g/mol. The maximum atomic E-state index is 3.70. The van der Waals surface area contributed by atoms with Crippen LogP contribution in [0.3, 0.4) is 0 Å². The standard InChI is InChI=1S/C18H23NS/c1-12-4-6-15(7-5-12)16-9-17(10-16)19-11-18-8-13(2)14(3)20-18/h4-8,16-17,19H,9-11H2,1-3H3. The van der Waals surface area contributed by atoms with Crippen LogP contribution < -0.4 is 5.32 Å². The molecule has 3 rings (SSSR count). The van der Waals surface area contributed by atoms with Crippen molar-refractivity contribution in [2.45, 2.75) is 52.1 Å². The fraction of sp³-hybridized carbons (Fsp3) is 0.444. The quantitative estimate of drug-likeness (QED) is 0.858. The summed E-state index contributed by atoms with van der Waals surface area (Å²) in [5.74, 6) is 0.764. The topological polar surface area (TPSA) is 12.0 Å². The van der Waals surface area contributed by atoms with Crippen molar-refractivity contribution in [3.05, 3.63) is 56.8 Å². The normalized spacial score (nSPS) is 21.8. The van der Waals surface area contributed by atoms with Crippen LogP contribution in [0, 0.1) is 20.8 Å². The lowest BCUT2D eigenvalue weighted by Gasteiger charge is -2.36. The highest BCUT2D eigenvalue weighted by Crippen LogP contribution is 2.37. The van der Waals surface area contributed by atoms with Gasteiger partial charge in [-0.3, -0.25) is 0 Å². The van der Waals surface area contributed by atoms with Crippen molar-refractivity contribution in [3.8, 4) is 0 Å². The van der Waals surface area contributed by atoms with Crippen molar-refractivity contribution in [3.63, 3.8) is 0 Å².